The maximum absolute atomic E-state index is 12.8. The van der Waals surface area contributed by atoms with Gasteiger partial charge in [0, 0.05) is 19.6 Å². The summed E-state index contributed by atoms with van der Waals surface area (Å²) in [7, 11) is -1.75. The van der Waals surface area contributed by atoms with E-state index in [1.165, 1.54) is 4.31 Å². The third-order valence-electron chi connectivity index (χ3n) is 3.65. The molecule has 1 aromatic carbocycles. The minimum Gasteiger partial charge on any atom is -0.313 e. The first kappa shape index (κ1) is 17.1. The minimum absolute atomic E-state index is 0.0483. The Morgan fingerprint density at radius 3 is 2.30 bits per heavy atom. The van der Waals surface area contributed by atoms with Crippen LogP contribution in [-0.2, 0) is 16.6 Å². The molecular weight excluding hydrogens is 272 g/mol. The maximum Gasteiger partial charge on any atom is 0.243 e. The van der Waals surface area contributed by atoms with E-state index in [0.717, 1.165) is 24.9 Å². The van der Waals surface area contributed by atoms with Crippen LogP contribution in [0, 0.1) is 0 Å². The molecule has 0 saturated carbocycles. The Morgan fingerprint density at radius 1 is 1.15 bits per heavy atom. The standard InChI is InChI=1S/C15H26N2O2S/c1-5-14(6-2)17(4)20(18,19)15-11-9-8-10-13(15)12-16-7-3/h8-11,14,16H,5-7,12H2,1-4H3. The fraction of sp³-hybridized carbons (Fsp3) is 0.600. The lowest BCUT2D eigenvalue weighted by Gasteiger charge is -2.26. The number of hydrogen-bond acceptors (Lipinski definition) is 3. The Hall–Kier alpha value is -0.910. The van der Waals surface area contributed by atoms with Gasteiger partial charge in [0.05, 0.1) is 4.90 Å². The lowest BCUT2D eigenvalue weighted by molar-refractivity contribution is 0.349. The number of rotatable bonds is 8. The molecule has 0 fully saturated rings. The first-order valence-electron chi connectivity index (χ1n) is 7.25. The molecule has 0 aliphatic carbocycles. The quantitative estimate of drug-likeness (QED) is 0.802. The minimum atomic E-state index is -3.43. The highest BCUT2D eigenvalue weighted by Crippen LogP contribution is 2.22. The van der Waals surface area contributed by atoms with Gasteiger partial charge in [-0.2, -0.15) is 4.31 Å². The molecule has 0 atom stereocenters. The van der Waals surface area contributed by atoms with Crippen LogP contribution in [0.5, 0.6) is 0 Å². The second-order valence-electron chi connectivity index (χ2n) is 4.88. The summed E-state index contributed by atoms with van der Waals surface area (Å²) in [5, 5.41) is 3.19. The van der Waals surface area contributed by atoms with Crippen LogP contribution < -0.4 is 5.32 Å². The normalized spacial score (nSPS) is 12.3. The molecule has 0 aromatic heterocycles. The summed E-state index contributed by atoms with van der Waals surface area (Å²) in [6.07, 6.45) is 1.64. The number of nitrogens with one attached hydrogen (secondary N) is 1. The van der Waals surface area contributed by atoms with Crippen LogP contribution in [0.2, 0.25) is 0 Å². The predicted octanol–water partition coefficient (Wildman–Crippen LogP) is 2.61. The molecule has 5 heteroatoms. The van der Waals surface area contributed by atoms with Crippen molar-refractivity contribution in [3.05, 3.63) is 29.8 Å². The summed E-state index contributed by atoms with van der Waals surface area (Å²) in [5.74, 6) is 0. The van der Waals surface area contributed by atoms with Crippen molar-refractivity contribution in [2.45, 2.75) is 51.1 Å². The largest absolute Gasteiger partial charge is 0.313 e. The van der Waals surface area contributed by atoms with Crippen LogP contribution in [0.4, 0.5) is 0 Å². The number of nitrogens with zero attached hydrogens (tertiary/aromatic N) is 1. The predicted molar refractivity (Wildman–Crippen MR) is 83.1 cm³/mol. The Balaban J connectivity index is 3.14. The van der Waals surface area contributed by atoms with Gasteiger partial charge in [0.1, 0.15) is 0 Å². The van der Waals surface area contributed by atoms with Crippen LogP contribution >= 0.6 is 0 Å². The number of sulfonamides is 1. The van der Waals surface area contributed by atoms with E-state index in [9.17, 15) is 8.42 Å². The van der Waals surface area contributed by atoms with Crippen molar-refractivity contribution in [1.82, 2.24) is 9.62 Å². The first-order chi connectivity index (χ1) is 9.48. The van der Waals surface area contributed by atoms with Crippen molar-refractivity contribution in [2.24, 2.45) is 0 Å². The van der Waals surface area contributed by atoms with Crippen LogP contribution in [-0.4, -0.2) is 32.4 Å². The molecule has 0 saturated heterocycles. The molecule has 0 radical (unpaired) electrons. The fourth-order valence-electron chi connectivity index (χ4n) is 2.32. The topological polar surface area (TPSA) is 49.4 Å². The summed E-state index contributed by atoms with van der Waals surface area (Å²) >= 11 is 0. The van der Waals surface area contributed by atoms with Gasteiger partial charge in [-0.05, 0) is 31.0 Å². The average Bonchev–Trinajstić information content (AvgIpc) is 2.46. The molecule has 0 aliphatic rings. The number of benzene rings is 1. The van der Waals surface area contributed by atoms with Gasteiger partial charge in [0.25, 0.3) is 0 Å². The van der Waals surface area contributed by atoms with E-state index < -0.39 is 10.0 Å². The summed E-state index contributed by atoms with van der Waals surface area (Å²) in [5.41, 5.74) is 0.826. The zero-order valence-corrected chi connectivity index (χ0v) is 13.7. The van der Waals surface area contributed by atoms with E-state index in [1.54, 1.807) is 19.2 Å². The van der Waals surface area contributed by atoms with E-state index >= 15 is 0 Å². The molecular formula is C15H26N2O2S. The van der Waals surface area contributed by atoms with Gasteiger partial charge in [-0.25, -0.2) is 8.42 Å². The van der Waals surface area contributed by atoms with Crippen molar-refractivity contribution in [2.75, 3.05) is 13.6 Å². The second-order valence-corrected chi connectivity index (χ2v) is 6.85. The summed E-state index contributed by atoms with van der Waals surface area (Å²) in [6, 6.07) is 7.27. The molecule has 0 aliphatic heterocycles. The van der Waals surface area contributed by atoms with Crippen LogP contribution in [0.15, 0.2) is 29.2 Å². The van der Waals surface area contributed by atoms with Crippen molar-refractivity contribution >= 4 is 10.0 Å². The molecule has 20 heavy (non-hydrogen) atoms. The van der Waals surface area contributed by atoms with E-state index in [-0.39, 0.29) is 6.04 Å². The van der Waals surface area contributed by atoms with Crippen molar-refractivity contribution in [3.8, 4) is 0 Å². The van der Waals surface area contributed by atoms with Crippen LogP contribution in [0.3, 0.4) is 0 Å². The first-order valence-corrected chi connectivity index (χ1v) is 8.69. The van der Waals surface area contributed by atoms with Gasteiger partial charge >= 0.3 is 0 Å². The monoisotopic (exact) mass is 298 g/mol. The van der Waals surface area contributed by atoms with Gasteiger partial charge in [-0.15, -0.1) is 0 Å². The molecule has 0 bridgehead atoms. The molecule has 114 valence electrons. The van der Waals surface area contributed by atoms with Gasteiger partial charge in [0.15, 0.2) is 0 Å². The van der Waals surface area contributed by atoms with Gasteiger partial charge in [0.2, 0.25) is 10.0 Å². The van der Waals surface area contributed by atoms with Crippen LogP contribution in [0.1, 0.15) is 39.2 Å². The third-order valence-corrected chi connectivity index (χ3v) is 5.66. The average molecular weight is 298 g/mol. The van der Waals surface area contributed by atoms with Gasteiger partial charge in [-0.3, -0.25) is 0 Å². The van der Waals surface area contributed by atoms with Crippen molar-refractivity contribution in [3.63, 3.8) is 0 Å². The highest BCUT2D eigenvalue weighted by molar-refractivity contribution is 7.89. The van der Waals surface area contributed by atoms with Gasteiger partial charge < -0.3 is 5.32 Å². The van der Waals surface area contributed by atoms with E-state index in [0.29, 0.717) is 11.4 Å². The fourth-order valence-corrected chi connectivity index (χ4v) is 4.04. The lowest BCUT2D eigenvalue weighted by Crippen LogP contribution is -2.36. The van der Waals surface area contributed by atoms with Crippen molar-refractivity contribution in [1.29, 1.82) is 0 Å². The molecule has 0 heterocycles. The van der Waals surface area contributed by atoms with E-state index in [4.69, 9.17) is 0 Å². The van der Waals surface area contributed by atoms with E-state index in [1.807, 2.05) is 32.9 Å². The Bertz CT molecular complexity index is 510. The maximum atomic E-state index is 12.8. The molecule has 0 unspecified atom stereocenters. The van der Waals surface area contributed by atoms with E-state index in [2.05, 4.69) is 5.32 Å². The molecule has 0 amide bonds. The Kier molecular flexibility index (Phi) is 6.65. The Labute approximate surface area is 123 Å². The molecule has 4 nitrogen and oxygen atoms in total. The number of hydrogen-bond donors (Lipinski definition) is 1. The molecule has 1 N–H and O–H groups in total. The molecule has 0 spiro atoms. The highest BCUT2D eigenvalue weighted by Gasteiger charge is 2.27. The summed E-state index contributed by atoms with van der Waals surface area (Å²) < 4.78 is 27.1. The van der Waals surface area contributed by atoms with Crippen LogP contribution in [0.25, 0.3) is 0 Å². The smallest absolute Gasteiger partial charge is 0.243 e. The van der Waals surface area contributed by atoms with Crippen molar-refractivity contribution < 1.29 is 8.42 Å². The second kappa shape index (κ2) is 7.76. The molecule has 1 rings (SSSR count). The Morgan fingerprint density at radius 2 is 1.75 bits per heavy atom. The zero-order valence-electron chi connectivity index (χ0n) is 12.9. The third kappa shape index (κ3) is 3.81. The zero-order chi connectivity index (χ0) is 15.2. The summed E-state index contributed by atoms with van der Waals surface area (Å²) in [4.78, 5) is 0.412. The van der Waals surface area contributed by atoms with Gasteiger partial charge in [-0.1, -0.05) is 39.0 Å². The highest BCUT2D eigenvalue weighted by atomic mass is 32.2. The molecule has 1 aromatic rings. The lowest BCUT2D eigenvalue weighted by atomic mass is 10.2. The SMILES string of the molecule is CCNCc1ccccc1S(=O)(=O)N(C)C(CC)CC. The summed E-state index contributed by atoms with van der Waals surface area (Å²) in [6.45, 7) is 7.43.